The summed E-state index contributed by atoms with van der Waals surface area (Å²) >= 11 is 0. The number of aliphatic carboxylic acids is 1. The van der Waals surface area contributed by atoms with Gasteiger partial charge in [0.05, 0.1) is 6.54 Å². The lowest BCUT2D eigenvalue weighted by molar-refractivity contribution is -0.138. The van der Waals surface area contributed by atoms with E-state index in [0.717, 1.165) is 21.9 Å². The Bertz CT molecular complexity index is 903. The van der Waals surface area contributed by atoms with Gasteiger partial charge in [0.1, 0.15) is 13.2 Å². The number of fused-ring (bicyclic) bond motifs is 1. The second-order valence-corrected chi connectivity index (χ2v) is 5.93. The first-order valence-corrected chi connectivity index (χ1v) is 8.27. The quantitative estimate of drug-likeness (QED) is 0.729. The highest BCUT2D eigenvalue weighted by molar-refractivity contribution is 5.86. The van der Waals surface area contributed by atoms with Crippen molar-refractivity contribution in [2.45, 2.75) is 13.2 Å². The highest BCUT2D eigenvalue weighted by atomic mass is 16.6. The molecule has 0 fully saturated rings. The lowest BCUT2D eigenvalue weighted by Crippen LogP contribution is -2.35. The van der Waals surface area contributed by atoms with Crippen molar-refractivity contribution < 1.29 is 19.4 Å². The number of hydrogen-bond donors (Lipinski definition) is 1. The molecule has 0 aliphatic carbocycles. The summed E-state index contributed by atoms with van der Waals surface area (Å²) in [5.74, 6) is -1.08. The number of carboxylic acids is 1. The van der Waals surface area contributed by atoms with E-state index in [-0.39, 0.29) is 13.2 Å². The highest BCUT2D eigenvalue weighted by Gasteiger charge is 2.19. The molecule has 0 saturated carbocycles. The number of amides is 1. The van der Waals surface area contributed by atoms with Gasteiger partial charge in [0.25, 0.3) is 0 Å². The first kappa shape index (κ1) is 17.5. The topological polar surface area (TPSA) is 66.8 Å². The van der Waals surface area contributed by atoms with Crippen LogP contribution in [0.1, 0.15) is 11.1 Å². The Labute approximate surface area is 151 Å². The predicted octanol–water partition coefficient (Wildman–Crippen LogP) is 4.06. The Morgan fingerprint density at radius 1 is 0.885 bits per heavy atom. The molecule has 0 unspecified atom stereocenters. The summed E-state index contributed by atoms with van der Waals surface area (Å²) in [6.07, 6.45) is -0.649. The Hall–Kier alpha value is -3.34. The van der Waals surface area contributed by atoms with Gasteiger partial charge in [-0.15, -0.1) is 0 Å². The van der Waals surface area contributed by atoms with Crippen LogP contribution in [0.3, 0.4) is 0 Å². The minimum Gasteiger partial charge on any atom is -0.480 e. The summed E-state index contributed by atoms with van der Waals surface area (Å²) in [6.45, 7) is -0.149. The van der Waals surface area contributed by atoms with E-state index in [1.54, 1.807) is 0 Å². The van der Waals surface area contributed by atoms with Crippen molar-refractivity contribution in [1.29, 1.82) is 0 Å². The zero-order valence-electron chi connectivity index (χ0n) is 14.2. The molecule has 0 aromatic heterocycles. The number of hydrogen-bond acceptors (Lipinski definition) is 3. The summed E-state index contributed by atoms with van der Waals surface area (Å²) in [4.78, 5) is 24.8. The third-order valence-corrected chi connectivity index (χ3v) is 4.03. The number of ether oxygens (including phenoxy) is 1. The van der Waals surface area contributed by atoms with Crippen molar-refractivity contribution in [3.63, 3.8) is 0 Å². The number of carbonyl (C=O) groups is 2. The lowest BCUT2D eigenvalue weighted by Gasteiger charge is -2.21. The van der Waals surface area contributed by atoms with Crippen molar-refractivity contribution in [2.75, 3.05) is 6.54 Å². The van der Waals surface area contributed by atoms with Crippen molar-refractivity contribution in [1.82, 2.24) is 4.90 Å². The average molecular weight is 349 g/mol. The van der Waals surface area contributed by atoms with Crippen LogP contribution in [0.5, 0.6) is 0 Å². The fourth-order valence-electron chi connectivity index (χ4n) is 2.79. The van der Waals surface area contributed by atoms with Crippen LogP contribution in [-0.4, -0.2) is 28.6 Å². The predicted molar refractivity (Wildman–Crippen MR) is 98.6 cm³/mol. The van der Waals surface area contributed by atoms with Crippen LogP contribution in [0.15, 0.2) is 72.8 Å². The Balaban J connectivity index is 1.76. The molecule has 5 heteroatoms. The van der Waals surface area contributed by atoms with E-state index in [9.17, 15) is 9.59 Å². The molecule has 0 saturated heterocycles. The van der Waals surface area contributed by atoms with Crippen LogP contribution in [-0.2, 0) is 22.7 Å². The first-order valence-electron chi connectivity index (χ1n) is 8.27. The monoisotopic (exact) mass is 349 g/mol. The second kappa shape index (κ2) is 8.16. The summed E-state index contributed by atoms with van der Waals surface area (Å²) in [5, 5.41) is 11.2. The molecule has 0 atom stereocenters. The van der Waals surface area contributed by atoms with Crippen LogP contribution < -0.4 is 0 Å². The van der Waals surface area contributed by atoms with Gasteiger partial charge >= 0.3 is 12.1 Å². The van der Waals surface area contributed by atoms with Gasteiger partial charge in [-0.2, -0.15) is 0 Å². The molecule has 0 bridgehead atoms. The number of benzene rings is 3. The van der Waals surface area contributed by atoms with Crippen LogP contribution in [0, 0.1) is 0 Å². The molecule has 0 spiro atoms. The van der Waals surface area contributed by atoms with E-state index in [1.807, 2.05) is 72.8 Å². The zero-order chi connectivity index (χ0) is 18.4. The number of carbonyl (C=O) groups excluding carboxylic acids is 1. The van der Waals surface area contributed by atoms with Gasteiger partial charge in [-0.3, -0.25) is 9.69 Å². The van der Waals surface area contributed by atoms with Gasteiger partial charge in [0, 0.05) is 0 Å². The van der Waals surface area contributed by atoms with Crippen LogP contribution in [0.2, 0.25) is 0 Å². The molecule has 3 rings (SSSR count). The lowest BCUT2D eigenvalue weighted by atomic mass is 10.0. The number of nitrogens with zero attached hydrogens (tertiary/aromatic N) is 1. The van der Waals surface area contributed by atoms with Crippen molar-refractivity contribution in [2.24, 2.45) is 0 Å². The molecule has 0 radical (unpaired) electrons. The maximum absolute atomic E-state index is 12.4. The van der Waals surface area contributed by atoms with Gasteiger partial charge < -0.3 is 9.84 Å². The minimum atomic E-state index is -1.08. The normalized spacial score (nSPS) is 10.5. The summed E-state index contributed by atoms with van der Waals surface area (Å²) < 4.78 is 5.30. The van der Waals surface area contributed by atoms with E-state index >= 15 is 0 Å². The summed E-state index contributed by atoms with van der Waals surface area (Å²) in [6, 6.07) is 22.8. The molecule has 0 heterocycles. The number of carboxylic acid groups (broad SMARTS) is 1. The first-order chi connectivity index (χ1) is 12.6. The standard InChI is InChI=1S/C21H19NO4/c23-20(24)14-22(21(25)26-15-16-7-2-1-3-8-16)13-18-11-6-10-17-9-4-5-12-19(17)18/h1-12H,13-15H2,(H,23,24). The fourth-order valence-corrected chi connectivity index (χ4v) is 2.79. The molecule has 0 aliphatic heterocycles. The van der Waals surface area contributed by atoms with Gasteiger partial charge in [-0.1, -0.05) is 72.8 Å². The van der Waals surface area contributed by atoms with E-state index in [2.05, 4.69) is 0 Å². The molecule has 5 nitrogen and oxygen atoms in total. The van der Waals surface area contributed by atoms with Gasteiger partial charge in [-0.25, -0.2) is 4.79 Å². The molecule has 3 aromatic carbocycles. The van der Waals surface area contributed by atoms with Gasteiger partial charge in [0.2, 0.25) is 0 Å². The second-order valence-electron chi connectivity index (χ2n) is 5.93. The maximum atomic E-state index is 12.4. The summed E-state index contributed by atoms with van der Waals surface area (Å²) in [7, 11) is 0. The smallest absolute Gasteiger partial charge is 0.410 e. The zero-order valence-corrected chi connectivity index (χ0v) is 14.2. The molecule has 132 valence electrons. The molecule has 3 aromatic rings. The SMILES string of the molecule is O=C(O)CN(Cc1cccc2ccccc12)C(=O)OCc1ccccc1. The van der Waals surface area contributed by atoms with E-state index < -0.39 is 18.6 Å². The molecule has 1 N–H and O–H groups in total. The van der Waals surface area contributed by atoms with E-state index in [0.29, 0.717) is 0 Å². The van der Waals surface area contributed by atoms with Crippen molar-refractivity contribution in [3.05, 3.63) is 83.9 Å². The average Bonchev–Trinajstić information content (AvgIpc) is 2.66. The third kappa shape index (κ3) is 4.39. The Morgan fingerprint density at radius 3 is 2.35 bits per heavy atom. The molecule has 26 heavy (non-hydrogen) atoms. The third-order valence-electron chi connectivity index (χ3n) is 4.03. The molecular formula is C21H19NO4. The van der Waals surface area contributed by atoms with Crippen molar-refractivity contribution in [3.8, 4) is 0 Å². The highest BCUT2D eigenvalue weighted by Crippen LogP contribution is 2.20. The van der Waals surface area contributed by atoms with Crippen LogP contribution >= 0.6 is 0 Å². The van der Waals surface area contributed by atoms with Crippen LogP contribution in [0.4, 0.5) is 4.79 Å². The maximum Gasteiger partial charge on any atom is 0.410 e. The Morgan fingerprint density at radius 2 is 1.58 bits per heavy atom. The van der Waals surface area contributed by atoms with Gasteiger partial charge in [-0.05, 0) is 21.9 Å². The van der Waals surface area contributed by atoms with Gasteiger partial charge in [0.15, 0.2) is 0 Å². The largest absolute Gasteiger partial charge is 0.480 e. The fraction of sp³-hybridized carbons (Fsp3) is 0.143. The molecule has 0 aliphatic rings. The van der Waals surface area contributed by atoms with E-state index in [1.165, 1.54) is 4.90 Å². The van der Waals surface area contributed by atoms with Crippen LogP contribution in [0.25, 0.3) is 10.8 Å². The van der Waals surface area contributed by atoms with Crippen molar-refractivity contribution >= 4 is 22.8 Å². The molecular weight excluding hydrogens is 330 g/mol. The number of rotatable bonds is 6. The molecule has 1 amide bonds. The van der Waals surface area contributed by atoms with E-state index in [4.69, 9.17) is 9.84 Å². The Kier molecular flexibility index (Phi) is 5.49. The summed E-state index contributed by atoms with van der Waals surface area (Å²) in [5.41, 5.74) is 1.72. The minimum absolute atomic E-state index is 0.103.